The van der Waals surface area contributed by atoms with Crippen molar-refractivity contribution in [3.63, 3.8) is 0 Å². The topological polar surface area (TPSA) is 75.7 Å². The molecule has 8 heteroatoms. The summed E-state index contributed by atoms with van der Waals surface area (Å²) in [6.07, 6.45) is 0. The van der Waals surface area contributed by atoms with Crippen LogP contribution in [0.5, 0.6) is 5.75 Å². The van der Waals surface area contributed by atoms with Crippen LogP contribution in [0.3, 0.4) is 0 Å². The van der Waals surface area contributed by atoms with Gasteiger partial charge in [0.2, 0.25) is 15.9 Å². The fourth-order valence-corrected chi connectivity index (χ4v) is 3.35. The molecule has 0 aliphatic carbocycles. The van der Waals surface area contributed by atoms with Crippen LogP contribution in [-0.2, 0) is 14.8 Å². The van der Waals surface area contributed by atoms with Crippen LogP contribution in [0.15, 0.2) is 23.1 Å². The highest BCUT2D eigenvalue weighted by Crippen LogP contribution is 2.26. The summed E-state index contributed by atoms with van der Waals surface area (Å²) in [4.78, 5) is 13.1. The number of halogens is 1. The van der Waals surface area contributed by atoms with Crippen LogP contribution >= 0.6 is 11.6 Å². The number of amides is 1. The largest absolute Gasteiger partial charge is 0.495 e. The van der Waals surface area contributed by atoms with Gasteiger partial charge in [-0.3, -0.25) is 4.79 Å². The van der Waals surface area contributed by atoms with Gasteiger partial charge in [-0.15, -0.1) is 0 Å². The SMILES string of the molecule is COc1ccc(S(=O)(=O)NCCN(C(C)=O)C(C)C)cc1Cl. The monoisotopic (exact) mass is 348 g/mol. The van der Waals surface area contributed by atoms with Crippen LogP contribution in [0.4, 0.5) is 0 Å². The molecule has 0 aliphatic heterocycles. The predicted octanol–water partition coefficient (Wildman–Crippen LogP) is 1.88. The smallest absolute Gasteiger partial charge is 0.240 e. The zero-order chi connectivity index (χ0) is 16.9. The molecule has 0 atom stereocenters. The highest BCUT2D eigenvalue weighted by molar-refractivity contribution is 7.89. The van der Waals surface area contributed by atoms with Crippen molar-refractivity contribution in [2.75, 3.05) is 20.2 Å². The van der Waals surface area contributed by atoms with E-state index in [0.717, 1.165) is 0 Å². The summed E-state index contributed by atoms with van der Waals surface area (Å²) in [6.45, 7) is 5.63. The molecule has 0 unspecified atom stereocenters. The second-order valence-electron chi connectivity index (χ2n) is 5.00. The maximum atomic E-state index is 12.2. The van der Waals surface area contributed by atoms with E-state index in [1.807, 2.05) is 13.8 Å². The molecule has 0 bridgehead atoms. The summed E-state index contributed by atoms with van der Waals surface area (Å²) in [5, 5.41) is 0.220. The van der Waals surface area contributed by atoms with Crippen molar-refractivity contribution in [1.29, 1.82) is 0 Å². The minimum atomic E-state index is -3.68. The summed E-state index contributed by atoms with van der Waals surface area (Å²) in [6, 6.07) is 4.25. The molecule has 0 saturated carbocycles. The molecular weight excluding hydrogens is 328 g/mol. The van der Waals surface area contributed by atoms with E-state index in [1.165, 1.54) is 32.2 Å². The summed E-state index contributed by atoms with van der Waals surface area (Å²) in [5.74, 6) is 0.310. The lowest BCUT2D eigenvalue weighted by atomic mass is 10.3. The maximum absolute atomic E-state index is 12.2. The molecule has 0 saturated heterocycles. The number of carbonyl (C=O) groups is 1. The first kappa shape index (κ1) is 18.7. The highest BCUT2D eigenvalue weighted by Gasteiger charge is 2.17. The van der Waals surface area contributed by atoms with Gasteiger partial charge in [0.25, 0.3) is 0 Å². The summed E-state index contributed by atoms with van der Waals surface area (Å²) in [5.41, 5.74) is 0. The molecule has 0 aromatic heterocycles. The van der Waals surface area contributed by atoms with Gasteiger partial charge in [0, 0.05) is 26.1 Å². The first-order chi connectivity index (χ1) is 10.2. The van der Waals surface area contributed by atoms with Crippen molar-refractivity contribution in [1.82, 2.24) is 9.62 Å². The van der Waals surface area contributed by atoms with E-state index < -0.39 is 10.0 Å². The Morgan fingerprint density at radius 1 is 1.41 bits per heavy atom. The zero-order valence-electron chi connectivity index (χ0n) is 13.1. The first-order valence-electron chi connectivity index (χ1n) is 6.79. The van der Waals surface area contributed by atoms with Gasteiger partial charge in [-0.05, 0) is 32.0 Å². The van der Waals surface area contributed by atoms with Crippen LogP contribution < -0.4 is 9.46 Å². The second kappa shape index (κ2) is 7.80. The lowest BCUT2D eigenvalue weighted by Crippen LogP contribution is -2.41. The molecule has 1 rings (SSSR count). The number of carbonyl (C=O) groups excluding carboxylic acids is 1. The van der Waals surface area contributed by atoms with Gasteiger partial charge in [-0.1, -0.05) is 11.6 Å². The molecule has 0 radical (unpaired) electrons. The van der Waals surface area contributed by atoms with Crippen LogP contribution in [0, 0.1) is 0 Å². The van der Waals surface area contributed by atoms with Crippen LogP contribution in [0.1, 0.15) is 20.8 Å². The van der Waals surface area contributed by atoms with Gasteiger partial charge in [0.05, 0.1) is 17.0 Å². The third-order valence-corrected chi connectivity index (χ3v) is 4.86. The van der Waals surface area contributed by atoms with E-state index >= 15 is 0 Å². The first-order valence-corrected chi connectivity index (χ1v) is 8.65. The Kier molecular flexibility index (Phi) is 6.65. The van der Waals surface area contributed by atoms with Gasteiger partial charge in [0.15, 0.2) is 0 Å². The fourth-order valence-electron chi connectivity index (χ4n) is 1.98. The molecule has 1 amide bonds. The molecule has 6 nitrogen and oxygen atoms in total. The summed E-state index contributed by atoms with van der Waals surface area (Å²) < 4.78 is 31.8. The minimum Gasteiger partial charge on any atom is -0.495 e. The van der Waals surface area contributed by atoms with Crippen molar-refractivity contribution >= 4 is 27.5 Å². The standard InChI is InChI=1S/C14H21ClN2O4S/c1-10(2)17(11(3)18)8-7-16-22(19,20)12-5-6-14(21-4)13(15)9-12/h5-6,9-10,16H,7-8H2,1-4H3. The number of sulfonamides is 1. The van der Waals surface area contributed by atoms with Crippen molar-refractivity contribution in [3.05, 3.63) is 23.2 Å². The molecular formula is C14H21ClN2O4S. The number of hydrogen-bond donors (Lipinski definition) is 1. The third kappa shape index (κ3) is 4.86. The van der Waals surface area contributed by atoms with Gasteiger partial charge >= 0.3 is 0 Å². The van der Waals surface area contributed by atoms with E-state index in [0.29, 0.717) is 12.3 Å². The number of ether oxygens (including phenoxy) is 1. The number of methoxy groups -OCH3 is 1. The molecule has 22 heavy (non-hydrogen) atoms. The van der Waals surface area contributed by atoms with E-state index in [2.05, 4.69) is 4.72 Å². The molecule has 0 heterocycles. The minimum absolute atomic E-state index is 0.0115. The normalized spacial score (nSPS) is 11.5. The second-order valence-corrected chi connectivity index (χ2v) is 7.17. The van der Waals surface area contributed by atoms with E-state index in [-0.39, 0.29) is 28.4 Å². The quantitative estimate of drug-likeness (QED) is 0.816. The van der Waals surface area contributed by atoms with Crippen molar-refractivity contribution in [3.8, 4) is 5.75 Å². The third-order valence-electron chi connectivity index (χ3n) is 3.11. The lowest BCUT2D eigenvalue weighted by molar-refractivity contribution is -0.130. The molecule has 1 aromatic carbocycles. The summed E-state index contributed by atoms with van der Waals surface area (Å²) >= 11 is 5.93. The predicted molar refractivity (Wildman–Crippen MR) is 85.7 cm³/mol. The van der Waals surface area contributed by atoms with Gasteiger partial charge in [-0.25, -0.2) is 13.1 Å². The Labute approximate surface area is 136 Å². The number of nitrogens with zero attached hydrogens (tertiary/aromatic N) is 1. The van der Waals surface area contributed by atoms with Crippen LogP contribution in [-0.4, -0.2) is 45.5 Å². The molecule has 124 valence electrons. The fraction of sp³-hybridized carbons (Fsp3) is 0.500. The Balaban J connectivity index is 2.76. The molecule has 1 N–H and O–H groups in total. The molecule has 0 spiro atoms. The Morgan fingerprint density at radius 2 is 2.05 bits per heavy atom. The van der Waals surface area contributed by atoms with E-state index in [1.54, 1.807) is 4.90 Å². The zero-order valence-corrected chi connectivity index (χ0v) is 14.7. The van der Waals surface area contributed by atoms with Gasteiger partial charge in [-0.2, -0.15) is 0 Å². The number of hydrogen-bond acceptors (Lipinski definition) is 4. The number of benzene rings is 1. The van der Waals surface area contributed by atoms with Crippen molar-refractivity contribution < 1.29 is 17.9 Å². The number of rotatable bonds is 7. The average Bonchev–Trinajstić information content (AvgIpc) is 2.42. The Morgan fingerprint density at radius 3 is 2.50 bits per heavy atom. The van der Waals surface area contributed by atoms with Gasteiger partial charge in [0.1, 0.15) is 5.75 Å². The lowest BCUT2D eigenvalue weighted by Gasteiger charge is -2.25. The summed E-state index contributed by atoms with van der Waals surface area (Å²) in [7, 11) is -2.23. The Bertz CT molecular complexity index is 632. The highest BCUT2D eigenvalue weighted by atomic mass is 35.5. The van der Waals surface area contributed by atoms with Crippen molar-refractivity contribution in [2.24, 2.45) is 0 Å². The van der Waals surface area contributed by atoms with Crippen molar-refractivity contribution in [2.45, 2.75) is 31.7 Å². The average molecular weight is 349 g/mol. The molecule has 1 aromatic rings. The van der Waals surface area contributed by atoms with Crippen LogP contribution in [0.2, 0.25) is 5.02 Å². The van der Waals surface area contributed by atoms with E-state index in [9.17, 15) is 13.2 Å². The van der Waals surface area contributed by atoms with Crippen LogP contribution in [0.25, 0.3) is 0 Å². The number of nitrogens with one attached hydrogen (secondary N) is 1. The molecule has 0 fully saturated rings. The van der Waals surface area contributed by atoms with Gasteiger partial charge < -0.3 is 9.64 Å². The molecule has 0 aliphatic rings. The Hall–Kier alpha value is -1.31. The van der Waals surface area contributed by atoms with E-state index in [4.69, 9.17) is 16.3 Å². The maximum Gasteiger partial charge on any atom is 0.240 e.